The third-order valence-electron chi connectivity index (χ3n) is 2.73. The van der Waals surface area contributed by atoms with Crippen molar-refractivity contribution in [1.82, 2.24) is 0 Å². The molecule has 3 nitrogen and oxygen atoms in total. The number of nitrogens with zero attached hydrogens (tertiary/aromatic N) is 1. The van der Waals surface area contributed by atoms with Crippen LogP contribution in [0.25, 0.3) is 0 Å². The van der Waals surface area contributed by atoms with Crippen LogP contribution < -0.4 is 10.6 Å². The summed E-state index contributed by atoms with van der Waals surface area (Å²) < 4.78 is 0. The van der Waals surface area contributed by atoms with Crippen molar-refractivity contribution in [2.45, 2.75) is 19.4 Å². The number of hydrogen-bond donors (Lipinski definition) is 1. The highest BCUT2D eigenvalue weighted by Gasteiger charge is 2.22. The molecule has 0 bridgehead atoms. The maximum atomic E-state index is 10.7. The number of nitrogen functional groups attached to an aromatic ring is 1. The Morgan fingerprint density at radius 1 is 1.57 bits per heavy atom. The van der Waals surface area contributed by atoms with Gasteiger partial charge in [-0.05, 0) is 31.0 Å². The van der Waals surface area contributed by atoms with Gasteiger partial charge in [0.2, 0.25) is 0 Å². The Morgan fingerprint density at radius 2 is 2.36 bits per heavy atom. The molecule has 0 saturated heterocycles. The predicted octanol–water partition coefficient (Wildman–Crippen LogP) is 1.22. The van der Waals surface area contributed by atoms with Crippen molar-refractivity contribution in [3.8, 4) is 0 Å². The molecule has 1 aliphatic heterocycles. The van der Waals surface area contributed by atoms with Crippen molar-refractivity contribution >= 4 is 17.7 Å². The topological polar surface area (TPSA) is 46.3 Å². The van der Waals surface area contributed by atoms with Crippen LogP contribution in [0.5, 0.6) is 0 Å². The Labute approximate surface area is 83.5 Å². The van der Waals surface area contributed by atoms with Crippen molar-refractivity contribution < 1.29 is 4.79 Å². The van der Waals surface area contributed by atoms with E-state index in [1.807, 2.05) is 25.1 Å². The Hall–Kier alpha value is -1.51. The zero-order chi connectivity index (χ0) is 10.1. The van der Waals surface area contributed by atoms with Gasteiger partial charge in [-0.2, -0.15) is 0 Å². The average molecular weight is 190 g/mol. The van der Waals surface area contributed by atoms with Gasteiger partial charge in [0.1, 0.15) is 6.29 Å². The van der Waals surface area contributed by atoms with Gasteiger partial charge in [-0.1, -0.05) is 6.07 Å². The van der Waals surface area contributed by atoms with Gasteiger partial charge >= 0.3 is 0 Å². The van der Waals surface area contributed by atoms with Gasteiger partial charge in [0.25, 0.3) is 0 Å². The van der Waals surface area contributed by atoms with Crippen molar-refractivity contribution in [3.05, 3.63) is 23.8 Å². The molecule has 2 rings (SSSR count). The Bertz CT molecular complexity index is 362. The predicted molar refractivity (Wildman–Crippen MR) is 57.4 cm³/mol. The smallest absolute Gasteiger partial charge is 0.142 e. The monoisotopic (exact) mass is 190 g/mol. The van der Waals surface area contributed by atoms with Crippen molar-refractivity contribution in [2.24, 2.45) is 0 Å². The molecular formula is C11H14N2O. The number of carbonyl (C=O) groups is 1. The fourth-order valence-electron chi connectivity index (χ4n) is 1.92. The fourth-order valence-corrected chi connectivity index (χ4v) is 1.92. The van der Waals surface area contributed by atoms with Crippen molar-refractivity contribution in [3.63, 3.8) is 0 Å². The van der Waals surface area contributed by atoms with Gasteiger partial charge in [-0.3, -0.25) is 0 Å². The van der Waals surface area contributed by atoms with Crippen LogP contribution in [-0.2, 0) is 11.2 Å². The number of aldehydes is 1. The summed E-state index contributed by atoms with van der Waals surface area (Å²) in [4.78, 5) is 12.8. The molecule has 0 spiro atoms. The molecule has 0 radical (unpaired) electrons. The molecule has 1 unspecified atom stereocenters. The van der Waals surface area contributed by atoms with Crippen molar-refractivity contribution in [2.75, 3.05) is 17.2 Å². The number of rotatable bonds is 2. The zero-order valence-corrected chi connectivity index (χ0v) is 8.23. The lowest BCUT2D eigenvalue weighted by atomic mass is 10.1. The second kappa shape index (κ2) is 3.33. The Balaban J connectivity index is 2.37. The molecule has 0 aromatic heterocycles. The first kappa shape index (κ1) is 9.06. The average Bonchev–Trinajstić information content (AvgIpc) is 2.59. The minimum absolute atomic E-state index is 0.0574. The highest BCUT2D eigenvalue weighted by molar-refractivity contribution is 5.71. The molecule has 0 aliphatic carbocycles. The summed E-state index contributed by atoms with van der Waals surface area (Å²) in [7, 11) is 0. The SMILES string of the molecule is CC(C=O)N1CCc2ccc(N)cc21. The van der Waals surface area contributed by atoms with Crippen LogP contribution in [-0.4, -0.2) is 18.9 Å². The minimum Gasteiger partial charge on any atom is -0.399 e. The van der Waals surface area contributed by atoms with E-state index < -0.39 is 0 Å². The van der Waals surface area contributed by atoms with E-state index in [0.717, 1.165) is 30.6 Å². The molecule has 1 aromatic carbocycles. The van der Waals surface area contributed by atoms with Gasteiger partial charge in [-0.25, -0.2) is 0 Å². The Kier molecular flexibility index (Phi) is 2.15. The number of benzene rings is 1. The molecule has 0 amide bonds. The first-order valence-corrected chi connectivity index (χ1v) is 4.82. The molecular weight excluding hydrogens is 176 g/mol. The van der Waals surface area contributed by atoms with Crippen LogP contribution in [0.4, 0.5) is 11.4 Å². The third-order valence-corrected chi connectivity index (χ3v) is 2.73. The summed E-state index contributed by atoms with van der Waals surface area (Å²) in [5.41, 5.74) is 8.88. The maximum Gasteiger partial charge on any atom is 0.142 e. The molecule has 3 heteroatoms. The number of nitrogens with two attached hydrogens (primary N) is 1. The van der Waals surface area contributed by atoms with Crippen LogP contribution in [0, 0.1) is 0 Å². The van der Waals surface area contributed by atoms with Gasteiger partial charge in [0.05, 0.1) is 6.04 Å². The molecule has 14 heavy (non-hydrogen) atoms. The van der Waals surface area contributed by atoms with Gasteiger partial charge in [0.15, 0.2) is 0 Å². The highest BCUT2D eigenvalue weighted by Crippen LogP contribution is 2.30. The second-order valence-corrected chi connectivity index (χ2v) is 3.71. The van der Waals surface area contributed by atoms with E-state index >= 15 is 0 Å². The number of fused-ring (bicyclic) bond motifs is 1. The highest BCUT2D eigenvalue weighted by atomic mass is 16.1. The fraction of sp³-hybridized carbons (Fsp3) is 0.364. The second-order valence-electron chi connectivity index (χ2n) is 3.71. The van der Waals surface area contributed by atoms with E-state index in [1.165, 1.54) is 5.56 Å². The standard InChI is InChI=1S/C11H14N2O/c1-8(7-14)13-5-4-9-2-3-10(12)6-11(9)13/h2-3,6-8H,4-5,12H2,1H3. The summed E-state index contributed by atoms with van der Waals surface area (Å²) in [6.45, 7) is 2.82. The number of hydrogen-bond acceptors (Lipinski definition) is 3. The van der Waals surface area contributed by atoms with E-state index in [2.05, 4.69) is 4.90 Å². The molecule has 1 atom stereocenters. The minimum atomic E-state index is -0.0574. The molecule has 1 heterocycles. The van der Waals surface area contributed by atoms with Crippen LogP contribution in [0.2, 0.25) is 0 Å². The normalized spacial score (nSPS) is 16.5. The molecule has 74 valence electrons. The van der Waals surface area contributed by atoms with E-state index in [4.69, 9.17) is 5.73 Å². The van der Waals surface area contributed by atoms with Gasteiger partial charge in [-0.15, -0.1) is 0 Å². The van der Waals surface area contributed by atoms with E-state index in [0.29, 0.717) is 0 Å². The number of carbonyl (C=O) groups excluding carboxylic acids is 1. The molecule has 1 aromatic rings. The molecule has 0 fully saturated rings. The molecule has 0 saturated carbocycles. The van der Waals surface area contributed by atoms with Crippen LogP contribution >= 0.6 is 0 Å². The van der Waals surface area contributed by atoms with Crippen LogP contribution in [0.1, 0.15) is 12.5 Å². The zero-order valence-electron chi connectivity index (χ0n) is 8.23. The van der Waals surface area contributed by atoms with E-state index in [1.54, 1.807) is 0 Å². The van der Waals surface area contributed by atoms with Crippen molar-refractivity contribution in [1.29, 1.82) is 0 Å². The quantitative estimate of drug-likeness (QED) is 0.563. The molecule has 2 N–H and O–H groups in total. The summed E-state index contributed by atoms with van der Waals surface area (Å²) in [5.74, 6) is 0. The van der Waals surface area contributed by atoms with E-state index in [9.17, 15) is 4.79 Å². The lowest BCUT2D eigenvalue weighted by Gasteiger charge is -2.22. The maximum absolute atomic E-state index is 10.7. The lowest BCUT2D eigenvalue weighted by Crippen LogP contribution is -2.32. The largest absolute Gasteiger partial charge is 0.399 e. The third kappa shape index (κ3) is 1.35. The Morgan fingerprint density at radius 3 is 3.07 bits per heavy atom. The van der Waals surface area contributed by atoms with Gasteiger partial charge < -0.3 is 15.4 Å². The lowest BCUT2D eigenvalue weighted by molar-refractivity contribution is -0.108. The van der Waals surface area contributed by atoms with Gasteiger partial charge in [0, 0.05) is 17.9 Å². The van der Waals surface area contributed by atoms with E-state index in [-0.39, 0.29) is 6.04 Å². The summed E-state index contributed by atoms with van der Waals surface area (Å²) in [5, 5.41) is 0. The summed E-state index contributed by atoms with van der Waals surface area (Å²) in [6, 6.07) is 5.84. The van der Waals surface area contributed by atoms with Crippen LogP contribution in [0.3, 0.4) is 0 Å². The molecule has 1 aliphatic rings. The first-order chi connectivity index (χ1) is 6.72. The summed E-state index contributed by atoms with van der Waals surface area (Å²) in [6.07, 6.45) is 1.98. The first-order valence-electron chi connectivity index (χ1n) is 4.82. The number of anilines is 2. The summed E-state index contributed by atoms with van der Waals surface area (Å²) >= 11 is 0. The van der Waals surface area contributed by atoms with Crippen LogP contribution in [0.15, 0.2) is 18.2 Å².